The molecule has 0 saturated carbocycles. The van der Waals surface area contributed by atoms with Gasteiger partial charge >= 0.3 is 6.03 Å². The monoisotopic (exact) mass is 391 g/mol. The van der Waals surface area contributed by atoms with Crippen LogP contribution in [0.4, 0.5) is 26.4 Å². The van der Waals surface area contributed by atoms with E-state index in [0.29, 0.717) is 5.69 Å². The summed E-state index contributed by atoms with van der Waals surface area (Å²) in [4.78, 5) is 14.3. The van der Waals surface area contributed by atoms with Crippen LogP contribution in [0.15, 0.2) is 60.7 Å². The van der Waals surface area contributed by atoms with E-state index >= 15 is 0 Å². The normalized spacial score (nSPS) is 13.8. The van der Waals surface area contributed by atoms with Crippen LogP contribution in [0.1, 0.15) is 19.3 Å². The summed E-state index contributed by atoms with van der Waals surface area (Å²) < 4.78 is 13.6. The van der Waals surface area contributed by atoms with E-state index in [0.717, 1.165) is 30.2 Å². The molecule has 1 aromatic heterocycles. The minimum absolute atomic E-state index is 0.130. The molecule has 0 radical (unpaired) electrons. The molecule has 2 N–H and O–H groups in total. The lowest BCUT2D eigenvalue weighted by atomic mass is 10.1. The van der Waals surface area contributed by atoms with E-state index in [1.807, 2.05) is 24.3 Å². The Bertz CT molecular complexity index is 969. The van der Waals surface area contributed by atoms with Gasteiger partial charge in [0.2, 0.25) is 0 Å². The first-order valence-corrected chi connectivity index (χ1v) is 9.71. The van der Waals surface area contributed by atoms with Crippen LogP contribution in [-0.4, -0.2) is 29.3 Å². The number of nitrogens with one attached hydrogen (secondary N) is 2. The van der Waals surface area contributed by atoms with Crippen molar-refractivity contribution in [3.8, 4) is 11.3 Å². The predicted octanol–water partition coefficient (Wildman–Crippen LogP) is 4.92. The number of aromatic nitrogens is 2. The van der Waals surface area contributed by atoms with Crippen LogP contribution in [0.5, 0.6) is 0 Å². The number of hydrogen-bond acceptors (Lipinski definition) is 4. The molecule has 0 spiro atoms. The summed E-state index contributed by atoms with van der Waals surface area (Å²) in [6.45, 7) is 2.06. The Balaban J connectivity index is 1.38. The highest BCUT2D eigenvalue weighted by atomic mass is 19.1. The highest BCUT2D eigenvalue weighted by molar-refractivity contribution is 5.99. The number of urea groups is 1. The van der Waals surface area contributed by atoms with Gasteiger partial charge in [0, 0.05) is 24.3 Å². The molecule has 6 nitrogen and oxygen atoms in total. The van der Waals surface area contributed by atoms with E-state index < -0.39 is 11.8 Å². The van der Waals surface area contributed by atoms with Crippen molar-refractivity contribution in [2.75, 3.05) is 28.6 Å². The van der Waals surface area contributed by atoms with Gasteiger partial charge in [0.05, 0.1) is 11.4 Å². The number of carbonyl (C=O) groups excluding carboxylic acids is 1. The Kier molecular flexibility index (Phi) is 5.65. The number of nitrogens with zero attached hydrogens (tertiary/aromatic N) is 3. The van der Waals surface area contributed by atoms with Gasteiger partial charge < -0.3 is 15.5 Å². The summed E-state index contributed by atoms with van der Waals surface area (Å²) >= 11 is 0. The Labute approximate surface area is 168 Å². The summed E-state index contributed by atoms with van der Waals surface area (Å²) in [5.74, 6) is 0.432. The molecular weight excluding hydrogens is 369 g/mol. The number of rotatable bonds is 4. The largest absolute Gasteiger partial charge is 0.355 e. The van der Waals surface area contributed by atoms with E-state index in [1.54, 1.807) is 24.3 Å². The zero-order chi connectivity index (χ0) is 20.1. The molecular formula is C22H22FN5O. The lowest BCUT2D eigenvalue weighted by Crippen LogP contribution is -2.30. The molecule has 7 heteroatoms. The number of anilines is 3. The second-order valence-corrected chi connectivity index (χ2v) is 6.96. The first-order chi connectivity index (χ1) is 14.2. The maximum atomic E-state index is 13.6. The van der Waals surface area contributed by atoms with Crippen LogP contribution in [0.25, 0.3) is 11.3 Å². The number of carbonyl (C=O) groups is 1. The molecule has 29 heavy (non-hydrogen) atoms. The van der Waals surface area contributed by atoms with Crippen molar-refractivity contribution in [2.45, 2.75) is 19.3 Å². The van der Waals surface area contributed by atoms with Crippen LogP contribution in [0, 0.1) is 5.82 Å². The third-order valence-electron chi connectivity index (χ3n) is 4.89. The molecule has 0 aliphatic carbocycles. The third kappa shape index (κ3) is 4.68. The van der Waals surface area contributed by atoms with Crippen molar-refractivity contribution in [1.82, 2.24) is 10.2 Å². The van der Waals surface area contributed by atoms with Gasteiger partial charge in [0.1, 0.15) is 5.82 Å². The van der Waals surface area contributed by atoms with Gasteiger partial charge in [-0.25, -0.2) is 9.18 Å². The fourth-order valence-electron chi connectivity index (χ4n) is 3.34. The van der Waals surface area contributed by atoms with Crippen LogP contribution in [0.3, 0.4) is 0 Å². The summed E-state index contributed by atoms with van der Waals surface area (Å²) in [5.41, 5.74) is 2.40. The molecule has 0 atom stereocenters. The van der Waals surface area contributed by atoms with Crippen molar-refractivity contribution in [1.29, 1.82) is 0 Å². The number of para-hydroxylation sites is 1. The van der Waals surface area contributed by atoms with Gasteiger partial charge in [0.15, 0.2) is 5.82 Å². The van der Waals surface area contributed by atoms with E-state index in [4.69, 9.17) is 0 Å². The fraction of sp³-hybridized carbons (Fsp3) is 0.227. The second kappa shape index (κ2) is 8.68. The van der Waals surface area contributed by atoms with Crippen molar-refractivity contribution in [3.63, 3.8) is 0 Å². The van der Waals surface area contributed by atoms with Crippen LogP contribution < -0.4 is 15.5 Å². The van der Waals surface area contributed by atoms with E-state index in [-0.39, 0.29) is 5.69 Å². The highest BCUT2D eigenvalue weighted by Crippen LogP contribution is 2.22. The van der Waals surface area contributed by atoms with Gasteiger partial charge in [-0.15, -0.1) is 10.2 Å². The van der Waals surface area contributed by atoms with Gasteiger partial charge in [-0.1, -0.05) is 24.3 Å². The predicted molar refractivity (Wildman–Crippen MR) is 113 cm³/mol. The number of halogens is 1. The standard InChI is InChI=1S/C22H22FN5O/c23-18-6-2-3-7-20(18)25-22(29)24-17-10-8-16(9-11-17)19-12-13-21(27-26-19)28-14-4-1-5-15-28/h2-3,6-13H,1,4-5,14-15H2,(H2,24,25,29). The van der Waals surface area contributed by atoms with E-state index in [2.05, 4.69) is 25.7 Å². The molecule has 148 valence electrons. The number of benzene rings is 2. The molecule has 1 saturated heterocycles. The Morgan fingerprint density at radius 3 is 2.31 bits per heavy atom. The third-order valence-corrected chi connectivity index (χ3v) is 4.89. The van der Waals surface area contributed by atoms with Crippen molar-refractivity contribution in [3.05, 3.63) is 66.5 Å². The zero-order valence-electron chi connectivity index (χ0n) is 15.9. The summed E-state index contributed by atoms with van der Waals surface area (Å²) in [6.07, 6.45) is 3.67. The maximum absolute atomic E-state index is 13.6. The minimum Gasteiger partial charge on any atom is -0.355 e. The molecule has 2 aromatic carbocycles. The molecule has 1 aliphatic rings. The molecule has 2 heterocycles. The summed E-state index contributed by atoms with van der Waals surface area (Å²) in [6, 6.07) is 16.8. The average Bonchev–Trinajstić information content (AvgIpc) is 2.77. The van der Waals surface area contributed by atoms with Gasteiger partial charge in [-0.05, 0) is 55.7 Å². The Morgan fingerprint density at radius 1 is 0.862 bits per heavy atom. The number of amides is 2. The second-order valence-electron chi connectivity index (χ2n) is 6.96. The maximum Gasteiger partial charge on any atom is 0.323 e. The SMILES string of the molecule is O=C(Nc1ccc(-c2ccc(N3CCCCC3)nn2)cc1)Nc1ccccc1F. The summed E-state index contributed by atoms with van der Waals surface area (Å²) in [5, 5.41) is 13.9. The minimum atomic E-state index is -0.506. The summed E-state index contributed by atoms with van der Waals surface area (Å²) in [7, 11) is 0. The quantitative estimate of drug-likeness (QED) is 0.662. The van der Waals surface area contributed by atoms with Crippen molar-refractivity contribution >= 4 is 23.2 Å². The highest BCUT2D eigenvalue weighted by Gasteiger charge is 2.13. The van der Waals surface area contributed by atoms with Crippen molar-refractivity contribution in [2.24, 2.45) is 0 Å². The Hall–Kier alpha value is -3.48. The average molecular weight is 391 g/mol. The molecule has 1 fully saturated rings. The molecule has 1 aliphatic heterocycles. The number of hydrogen-bond donors (Lipinski definition) is 2. The van der Waals surface area contributed by atoms with Crippen molar-refractivity contribution < 1.29 is 9.18 Å². The van der Waals surface area contributed by atoms with Crippen LogP contribution in [0.2, 0.25) is 0 Å². The molecule has 3 aromatic rings. The fourth-order valence-corrected chi connectivity index (χ4v) is 3.34. The first kappa shape index (κ1) is 18.9. The molecule has 4 rings (SSSR count). The zero-order valence-corrected chi connectivity index (χ0v) is 15.9. The van der Waals surface area contributed by atoms with Gasteiger partial charge in [0.25, 0.3) is 0 Å². The van der Waals surface area contributed by atoms with Gasteiger partial charge in [-0.2, -0.15) is 0 Å². The Morgan fingerprint density at radius 2 is 1.62 bits per heavy atom. The van der Waals surface area contributed by atoms with Crippen LogP contribution in [-0.2, 0) is 0 Å². The molecule has 2 amide bonds. The lowest BCUT2D eigenvalue weighted by Gasteiger charge is -2.27. The van der Waals surface area contributed by atoms with E-state index in [1.165, 1.54) is 31.4 Å². The van der Waals surface area contributed by atoms with Crippen LogP contribution >= 0.6 is 0 Å². The smallest absolute Gasteiger partial charge is 0.323 e. The lowest BCUT2D eigenvalue weighted by molar-refractivity contribution is 0.262. The first-order valence-electron chi connectivity index (χ1n) is 9.71. The number of piperidine rings is 1. The molecule has 0 unspecified atom stereocenters. The van der Waals surface area contributed by atoms with Gasteiger partial charge in [-0.3, -0.25) is 0 Å². The van der Waals surface area contributed by atoms with E-state index in [9.17, 15) is 9.18 Å². The topological polar surface area (TPSA) is 70.2 Å². The molecule has 0 bridgehead atoms.